The average Bonchev–Trinajstić information content (AvgIpc) is 2.84. The van der Waals surface area contributed by atoms with Crippen LogP contribution in [0.5, 0.6) is 0 Å². The molecule has 0 bridgehead atoms. The molecule has 17 heavy (non-hydrogen) atoms. The van der Waals surface area contributed by atoms with Gasteiger partial charge in [0.1, 0.15) is 12.2 Å². The zero-order valence-electron chi connectivity index (χ0n) is 9.87. The molecule has 3 N–H and O–H groups in total. The second kappa shape index (κ2) is 5.56. The van der Waals surface area contributed by atoms with Crippen LogP contribution in [-0.2, 0) is 13.0 Å². The molecule has 0 aliphatic carbocycles. The van der Waals surface area contributed by atoms with Crippen LogP contribution in [-0.4, -0.2) is 14.8 Å². The van der Waals surface area contributed by atoms with E-state index in [0.29, 0.717) is 0 Å². The van der Waals surface area contributed by atoms with Gasteiger partial charge >= 0.3 is 0 Å². The third-order valence-electron chi connectivity index (χ3n) is 2.79. The molecule has 2 rings (SSSR count). The van der Waals surface area contributed by atoms with Gasteiger partial charge < -0.3 is 0 Å². The van der Waals surface area contributed by atoms with E-state index < -0.39 is 0 Å². The van der Waals surface area contributed by atoms with Crippen molar-refractivity contribution in [1.29, 1.82) is 0 Å². The summed E-state index contributed by atoms with van der Waals surface area (Å²) in [6.45, 7) is 2.87. The molecule has 0 aliphatic rings. The molecule has 0 aliphatic heterocycles. The molecule has 0 amide bonds. The normalized spacial score (nSPS) is 12.6. The van der Waals surface area contributed by atoms with Gasteiger partial charge in [0.05, 0.1) is 6.04 Å². The van der Waals surface area contributed by atoms with E-state index in [1.54, 1.807) is 6.33 Å². The van der Waals surface area contributed by atoms with E-state index in [2.05, 4.69) is 27.6 Å². The predicted molar refractivity (Wildman–Crippen MR) is 65.9 cm³/mol. The summed E-state index contributed by atoms with van der Waals surface area (Å²) in [5.74, 6) is 6.55. The van der Waals surface area contributed by atoms with Gasteiger partial charge in [-0.1, -0.05) is 30.3 Å². The Morgan fingerprint density at radius 2 is 2.12 bits per heavy atom. The van der Waals surface area contributed by atoms with Crippen LogP contribution in [0.3, 0.4) is 0 Å². The number of nitrogens with two attached hydrogens (primary N) is 1. The van der Waals surface area contributed by atoms with Crippen molar-refractivity contribution in [2.75, 3.05) is 0 Å². The maximum absolute atomic E-state index is 5.61. The van der Waals surface area contributed by atoms with E-state index in [0.717, 1.165) is 24.4 Å². The van der Waals surface area contributed by atoms with Gasteiger partial charge in [-0.25, -0.2) is 4.98 Å². The molecule has 5 heteroatoms. The van der Waals surface area contributed by atoms with Crippen molar-refractivity contribution < 1.29 is 0 Å². The minimum Gasteiger partial charge on any atom is -0.271 e. The Kier molecular flexibility index (Phi) is 3.85. The Balaban J connectivity index is 2.16. The Bertz CT molecular complexity index is 451. The number of nitrogens with one attached hydrogen (secondary N) is 1. The smallest absolute Gasteiger partial charge is 0.138 e. The van der Waals surface area contributed by atoms with E-state index in [-0.39, 0.29) is 6.04 Å². The number of benzene rings is 1. The van der Waals surface area contributed by atoms with E-state index in [9.17, 15) is 0 Å². The lowest BCUT2D eigenvalue weighted by Gasteiger charge is -2.15. The van der Waals surface area contributed by atoms with E-state index >= 15 is 0 Å². The fourth-order valence-electron chi connectivity index (χ4n) is 1.85. The zero-order valence-corrected chi connectivity index (χ0v) is 9.87. The summed E-state index contributed by atoms with van der Waals surface area (Å²) >= 11 is 0. The first kappa shape index (κ1) is 11.8. The Morgan fingerprint density at radius 3 is 2.76 bits per heavy atom. The lowest BCUT2D eigenvalue weighted by Crippen LogP contribution is -2.30. The van der Waals surface area contributed by atoms with Crippen molar-refractivity contribution in [3.05, 3.63) is 48.0 Å². The van der Waals surface area contributed by atoms with Crippen molar-refractivity contribution >= 4 is 0 Å². The summed E-state index contributed by atoms with van der Waals surface area (Å²) in [5, 5.41) is 4.15. The molecule has 0 fully saturated rings. The molecule has 1 unspecified atom stereocenters. The maximum Gasteiger partial charge on any atom is 0.138 e. The number of rotatable bonds is 5. The van der Waals surface area contributed by atoms with Crippen LogP contribution in [0, 0.1) is 0 Å². The number of aromatic nitrogens is 3. The van der Waals surface area contributed by atoms with Gasteiger partial charge in [-0.3, -0.25) is 16.0 Å². The fraction of sp³-hybridized carbons (Fsp3) is 0.333. The lowest BCUT2D eigenvalue weighted by molar-refractivity contribution is 0.510. The highest BCUT2D eigenvalue weighted by Crippen LogP contribution is 2.15. The van der Waals surface area contributed by atoms with Crippen LogP contribution in [0.2, 0.25) is 0 Å². The first-order chi connectivity index (χ1) is 8.35. The van der Waals surface area contributed by atoms with Crippen molar-refractivity contribution in [2.24, 2.45) is 5.84 Å². The first-order valence-electron chi connectivity index (χ1n) is 5.73. The van der Waals surface area contributed by atoms with Gasteiger partial charge in [0, 0.05) is 13.0 Å². The van der Waals surface area contributed by atoms with Gasteiger partial charge in [0.15, 0.2) is 0 Å². The van der Waals surface area contributed by atoms with Crippen LogP contribution in [0.1, 0.15) is 24.4 Å². The number of hydrazine groups is 1. The molecule has 5 nitrogen and oxygen atoms in total. The third-order valence-corrected chi connectivity index (χ3v) is 2.79. The molecule has 0 saturated carbocycles. The highest BCUT2D eigenvalue weighted by atomic mass is 15.3. The SMILES string of the molecule is CCn1ncnc1CC(NN)c1ccccc1. The minimum atomic E-state index is 0.0608. The monoisotopic (exact) mass is 231 g/mol. The molecular weight excluding hydrogens is 214 g/mol. The minimum absolute atomic E-state index is 0.0608. The fourth-order valence-corrected chi connectivity index (χ4v) is 1.85. The van der Waals surface area contributed by atoms with Crippen LogP contribution < -0.4 is 11.3 Å². The summed E-state index contributed by atoms with van der Waals surface area (Å²) in [7, 11) is 0. The molecule has 0 spiro atoms. The highest BCUT2D eigenvalue weighted by Gasteiger charge is 2.13. The maximum atomic E-state index is 5.61. The summed E-state index contributed by atoms with van der Waals surface area (Å²) in [4.78, 5) is 4.26. The predicted octanol–water partition coefficient (Wildman–Crippen LogP) is 1.05. The Hall–Kier alpha value is -1.72. The van der Waals surface area contributed by atoms with Crippen LogP contribution in [0.15, 0.2) is 36.7 Å². The molecule has 0 radical (unpaired) electrons. The van der Waals surface area contributed by atoms with Gasteiger partial charge in [0.25, 0.3) is 0 Å². The molecule has 0 saturated heterocycles. The summed E-state index contributed by atoms with van der Waals surface area (Å²) in [6.07, 6.45) is 2.31. The molecular formula is C12H17N5. The number of hydrogen-bond acceptors (Lipinski definition) is 4. The van der Waals surface area contributed by atoms with Crippen LogP contribution in [0.4, 0.5) is 0 Å². The van der Waals surface area contributed by atoms with Crippen molar-refractivity contribution in [1.82, 2.24) is 20.2 Å². The second-order valence-electron chi connectivity index (χ2n) is 3.83. The van der Waals surface area contributed by atoms with Gasteiger partial charge in [-0.2, -0.15) is 5.10 Å². The topological polar surface area (TPSA) is 68.8 Å². The number of aryl methyl sites for hydroxylation is 1. The molecule has 2 aromatic rings. The van der Waals surface area contributed by atoms with Gasteiger partial charge in [-0.05, 0) is 12.5 Å². The summed E-state index contributed by atoms with van der Waals surface area (Å²) < 4.78 is 1.88. The Morgan fingerprint density at radius 1 is 1.35 bits per heavy atom. The molecule has 1 atom stereocenters. The molecule has 90 valence electrons. The van der Waals surface area contributed by atoms with Crippen molar-refractivity contribution in [3.8, 4) is 0 Å². The summed E-state index contributed by atoms with van der Waals surface area (Å²) in [6, 6.07) is 10.2. The highest BCUT2D eigenvalue weighted by molar-refractivity contribution is 5.19. The molecule has 1 heterocycles. The van der Waals surface area contributed by atoms with Gasteiger partial charge in [0.2, 0.25) is 0 Å². The van der Waals surface area contributed by atoms with E-state index in [1.165, 1.54) is 0 Å². The standard InChI is InChI=1S/C12H17N5/c1-2-17-12(14-9-15-17)8-11(16-13)10-6-4-3-5-7-10/h3-7,9,11,16H,2,8,13H2,1H3. The van der Waals surface area contributed by atoms with Gasteiger partial charge in [-0.15, -0.1) is 0 Å². The van der Waals surface area contributed by atoms with E-state index in [1.807, 2.05) is 29.8 Å². The van der Waals surface area contributed by atoms with E-state index in [4.69, 9.17) is 5.84 Å². The molecule has 1 aromatic carbocycles. The van der Waals surface area contributed by atoms with Crippen LogP contribution >= 0.6 is 0 Å². The zero-order chi connectivity index (χ0) is 12.1. The average molecular weight is 231 g/mol. The number of nitrogens with zero attached hydrogens (tertiary/aromatic N) is 3. The number of hydrogen-bond donors (Lipinski definition) is 2. The first-order valence-corrected chi connectivity index (χ1v) is 5.73. The molecule has 1 aromatic heterocycles. The quantitative estimate of drug-likeness (QED) is 0.596. The van der Waals surface area contributed by atoms with Crippen molar-refractivity contribution in [3.63, 3.8) is 0 Å². The second-order valence-corrected chi connectivity index (χ2v) is 3.83. The van der Waals surface area contributed by atoms with Crippen molar-refractivity contribution in [2.45, 2.75) is 25.9 Å². The third kappa shape index (κ3) is 2.69. The largest absolute Gasteiger partial charge is 0.271 e. The Labute approximate surface area is 101 Å². The summed E-state index contributed by atoms with van der Waals surface area (Å²) in [5.41, 5.74) is 3.98. The lowest BCUT2D eigenvalue weighted by atomic mass is 10.0. The van der Waals surface area contributed by atoms with Crippen LogP contribution in [0.25, 0.3) is 0 Å².